The average molecular weight is 200 g/mol. The molecule has 0 saturated carbocycles. The number of hydrogen-bond donors (Lipinski definition) is 2. The maximum atomic E-state index is 9.18. The number of nitrogens with two attached hydrogens (primary N) is 1. The van der Waals surface area contributed by atoms with Crippen LogP contribution in [0.2, 0.25) is 0 Å². The van der Waals surface area contributed by atoms with Crippen LogP contribution in [0.3, 0.4) is 0 Å². The Balaban J connectivity index is 2.54. The molecule has 1 aliphatic heterocycles. The molecule has 0 aromatic heterocycles. The monoisotopic (exact) mass is 200 g/mol. The minimum atomic E-state index is 0.176. The quantitative estimate of drug-likeness (QED) is 0.691. The zero-order chi connectivity index (χ0) is 10.6. The first kappa shape index (κ1) is 12.0. The smallest absolute Gasteiger partial charge is 0.0599 e. The third kappa shape index (κ3) is 2.27. The zero-order valence-electron chi connectivity index (χ0n) is 9.50. The Hall–Kier alpha value is -0.120. The number of rotatable bonds is 5. The summed E-state index contributed by atoms with van der Waals surface area (Å²) in [6, 6.07) is 0.176. The van der Waals surface area contributed by atoms with Gasteiger partial charge >= 0.3 is 0 Å². The molecule has 84 valence electrons. The molecule has 1 aliphatic rings. The van der Waals surface area contributed by atoms with E-state index in [9.17, 15) is 5.11 Å². The Kier molecular flexibility index (Phi) is 4.35. The van der Waals surface area contributed by atoms with Gasteiger partial charge in [0.1, 0.15) is 0 Å². The highest BCUT2D eigenvalue weighted by atomic mass is 16.3. The predicted molar refractivity (Wildman–Crippen MR) is 59.1 cm³/mol. The van der Waals surface area contributed by atoms with Gasteiger partial charge in [0.2, 0.25) is 0 Å². The van der Waals surface area contributed by atoms with Crippen LogP contribution in [-0.4, -0.2) is 42.3 Å². The van der Waals surface area contributed by atoms with Gasteiger partial charge in [-0.1, -0.05) is 13.8 Å². The summed E-state index contributed by atoms with van der Waals surface area (Å²) in [7, 11) is 0. The van der Waals surface area contributed by atoms with Gasteiger partial charge in [0, 0.05) is 19.1 Å². The molecular weight excluding hydrogens is 176 g/mol. The zero-order valence-corrected chi connectivity index (χ0v) is 9.50. The highest BCUT2D eigenvalue weighted by Crippen LogP contribution is 2.37. The molecule has 3 N–H and O–H groups in total. The van der Waals surface area contributed by atoms with E-state index in [1.54, 1.807) is 0 Å². The van der Waals surface area contributed by atoms with Crippen LogP contribution in [0.25, 0.3) is 0 Å². The van der Waals surface area contributed by atoms with Crippen LogP contribution in [0.1, 0.15) is 33.1 Å². The summed E-state index contributed by atoms with van der Waals surface area (Å²) in [6.07, 6.45) is 3.74. The van der Waals surface area contributed by atoms with E-state index in [1.807, 2.05) is 0 Å². The van der Waals surface area contributed by atoms with Crippen LogP contribution in [-0.2, 0) is 0 Å². The molecule has 1 saturated heterocycles. The SMILES string of the molecule is CCC1(CC)CCN(C(CN)CO)C1. The topological polar surface area (TPSA) is 49.5 Å². The largest absolute Gasteiger partial charge is 0.395 e. The molecule has 0 amide bonds. The summed E-state index contributed by atoms with van der Waals surface area (Å²) in [5.74, 6) is 0. The Morgan fingerprint density at radius 1 is 1.43 bits per heavy atom. The molecule has 1 rings (SSSR count). The Morgan fingerprint density at radius 2 is 2.07 bits per heavy atom. The molecule has 1 unspecified atom stereocenters. The van der Waals surface area contributed by atoms with Gasteiger partial charge in [-0.2, -0.15) is 0 Å². The Morgan fingerprint density at radius 3 is 2.43 bits per heavy atom. The van der Waals surface area contributed by atoms with Crippen molar-refractivity contribution in [2.24, 2.45) is 11.1 Å². The highest BCUT2D eigenvalue weighted by Gasteiger charge is 2.36. The van der Waals surface area contributed by atoms with Gasteiger partial charge in [0.25, 0.3) is 0 Å². The van der Waals surface area contributed by atoms with Crippen LogP contribution in [0, 0.1) is 5.41 Å². The van der Waals surface area contributed by atoms with E-state index < -0.39 is 0 Å². The second-order valence-corrected chi connectivity index (χ2v) is 4.50. The molecule has 0 spiro atoms. The van der Waals surface area contributed by atoms with E-state index in [0.29, 0.717) is 12.0 Å². The lowest BCUT2D eigenvalue weighted by Gasteiger charge is -2.29. The van der Waals surface area contributed by atoms with Crippen molar-refractivity contribution in [1.82, 2.24) is 4.90 Å². The standard InChI is InChI=1S/C11H24N2O/c1-3-11(4-2)5-6-13(9-11)10(7-12)8-14/h10,14H,3-9,12H2,1-2H3. The van der Waals surface area contributed by atoms with Crippen molar-refractivity contribution in [1.29, 1.82) is 0 Å². The van der Waals surface area contributed by atoms with Crippen molar-refractivity contribution in [3.63, 3.8) is 0 Å². The molecule has 1 heterocycles. The van der Waals surface area contributed by atoms with Gasteiger partial charge in [0.15, 0.2) is 0 Å². The Bertz CT molecular complexity index is 165. The maximum Gasteiger partial charge on any atom is 0.0599 e. The fourth-order valence-corrected chi connectivity index (χ4v) is 2.45. The third-order valence-electron chi connectivity index (χ3n) is 3.97. The van der Waals surface area contributed by atoms with Gasteiger partial charge in [-0.25, -0.2) is 0 Å². The summed E-state index contributed by atoms with van der Waals surface area (Å²) in [5.41, 5.74) is 6.12. The third-order valence-corrected chi connectivity index (χ3v) is 3.97. The van der Waals surface area contributed by atoms with Gasteiger partial charge in [-0.05, 0) is 31.2 Å². The second kappa shape index (κ2) is 5.10. The number of aliphatic hydroxyl groups excluding tert-OH is 1. The fourth-order valence-electron chi connectivity index (χ4n) is 2.45. The van der Waals surface area contributed by atoms with E-state index in [-0.39, 0.29) is 12.6 Å². The average Bonchev–Trinajstić information content (AvgIpc) is 2.65. The minimum absolute atomic E-state index is 0.176. The summed E-state index contributed by atoms with van der Waals surface area (Å²) >= 11 is 0. The number of hydrogen-bond acceptors (Lipinski definition) is 3. The molecule has 1 atom stereocenters. The number of aliphatic hydroxyl groups is 1. The molecule has 3 heteroatoms. The van der Waals surface area contributed by atoms with Crippen molar-refractivity contribution in [2.75, 3.05) is 26.2 Å². The lowest BCUT2D eigenvalue weighted by atomic mass is 9.82. The first-order valence-electron chi connectivity index (χ1n) is 5.76. The summed E-state index contributed by atoms with van der Waals surface area (Å²) < 4.78 is 0. The molecule has 0 radical (unpaired) electrons. The van der Waals surface area contributed by atoms with Crippen LogP contribution >= 0.6 is 0 Å². The number of likely N-dealkylation sites (tertiary alicyclic amines) is 1. The molecule has 3 nitrogen and oxygen atoms in total. The van der Waals surface area contributed by atoms with E-state index in [4.69, 9.17) is 5.73 Å². The van der Waals surface area contributed by atoms with Crippen molar-refractivity contribution < 1.29 is 5.11 Å². The van der Waals surface area contributed by atoms with Gasteiger partial charge in [-0.3, -0.25) is 4.90 Å². The molecule has 0 aromatic carbocycles. The van der Waals surface area contributed by atoms with Crippen LogP contribution < -0.4 is 5.73 Å². The van der Waals surface area contributed by atoms with E-state index in [0.717, 1.165) is 13.1 Å². The van der Waals surface area contributed by atoms with Crippen molar-refractivity contribution in [2.45, 2.75) is 39.2 Å². The van der Waals surface area contributed by atoms with Crippen molar-refractivity contribution in [3.05, 3.63) is 0 Å². The van der Waals surface area contributed by atoms with E-state index >= 15 is 0 Å². The van der Waals surface area contributed by atoms with Crippen LogP contribution in [0.4, 0.5) is 0 Å². The summed E-state index contributed by atoms with van der Waals surface area (Å²) in [6.45, 7) is 7.51. The van der Waals surface area contributed by atoms with Gasteiger partial charge < -0.3 is 10.8 Å². The van der Waals surface area contributed by atoms with Crippen LogP contribution in [0.5, 0.6) is 0 Å². The molecule has 0 aromatic rings. The van der Waals surface area contributed by atoms with Crippen LogP contribution in [0.15, 0.2) is 0 Å². The van der Waals surface area contributed by atoms with Gasteiger partial charge in [-0.15, -0.1) is 0 Å². The van der Waals surface area contributed by atoms with E-state index in [1.165, 1.54) is 19.3 Å². The first-order valence-corrected chi connectivity index (χ1v) is 5.76. The fraction of sp³-hybridized carbons (Fsp3) is 1.00. The lowest BCUT2D eigenvalue weighted by molar-refractivity contribution is 0.133. The molecule has 0 aliphatic carbocycles. The van der Waals surface area contributed by atoms with Crippen molar-refractivity contribution >= 4 is 0 Å². The molecule has 14 heavy (non-hydrogen) atoms. The first-order chi connectivity index (χ1) is 6.71. The molecular formula is C11H24N2O. The highest BCUT2D eigenvalue weighted by molar-refractivity contribution is 4.90. The summed E-state index contributed by atoms with van der Waals surface area (Å²) in [5, 5.41) is 9.18. The normalized spacial score (nSPS) is 24.0. The lowest BCUT2D eigenvalue weighted by Crippen LogP contribution is -2.42. The molecule has 1 fully saturated rings. The minimum Gasteiger partial charge on any atom is -0.395 e. The Labute approximate surface area is 87.3 Å². The molecule has 0 bridgehead atoms. The van der Waals surface area contributed by atoms with Gasteiger partial charge in [0.05, 0.1) is 6.61 Å². The maximum absolute atomic E-state index is 9.18. The number of nitrogens with zero attached hydrogens (tertiary/aromatic N) is 1. The van der Waals surface area contributed by atoms with E-state index in [2.05, 4.69) is 18.7 Å². The van der Waals surface area contributed by atoms with Crippen molar-refractivity contribution in [3.8, 4) is 0 Å². The second-order valence-electron chi connectivity index (χ2n) is 4.50. The predicted octanol–water partition coefficient (Wildman–Crippen LogP) is 0.818. The summed E-state index contributed by atoms with van der Waals surface area (Å²) in [4.78, 5) is 2.35.